The van der Waals surface area contributed by atoms with Gasteiger partial charge < -0.3 is 34.5 Å². The number of esters is 1. The molecule has 0 saturated carbocycles. The highest BCUT2D eigenvalue weighted by Gasteiger charge is 2.37. The first-order chi connectivity index (χ1) is 19.1. The molecule has 11 nitrogen and oxygen atoms in total. The molecule has 0 aliphatic rings. The summed E-state index contributed by atoms with van der Waals surface area (Å²) in [6, 6.07) is 2.81. The summed E-state index contributed by atoms with van der Waals surface area (Å²) in [4.78, 5) is 49.8. The molecule has 0 amide bonds. The minimum Gasteiger partial charge on any atom is -0.480 e. The highest BCUT2D eigenvalue weighted by atomic mass is 16.7. The van der Waals surface area contributed by atoms with Crippen molar-refractivity contribution in [3.63, 3.8) is 0 Å². The number of nitrogens with two attached hydrogens (primary N) is 1. The summed E-state index contributed by atoms with van der Waals surface area (Å²) in [6.07, 6.45) is -2.23. The van der Waals surface area contributed by atoms with Gasteiger partial charge in [-0.25, -0.2) is 9.59 Å². The van der Waals surface area contributed by atoms with Crippen LogP contribution in [0.5, 0.6) is 11.5 Å². The first-order valence-corrected chi connectivity index (χ1v) is 14.1. The topological polar surface area (TPSA) is 161 Å². The quantitative estimate of drug-likeness (QED) is 0.158. The zero-order valence-electron chi connectivity index (χ0n) is 26.9. The molecule has 42 heavy (non-hydrogen) atoms. The van der Waals surface area contributed by atoms with E-state index in [2.05, 4.69) is 0 Å². The van der Waals surface area contributed by atoms with Crippen LogP contribution in [0.25, 0.3) is 0 Å². The number of carbonyl (C=O) groups excluding carboxylic acids is 3. The smallest absolute Gasteiger partial charge is 0.480 e. The third-order valence-electron chi connectivity index (χ3n) is 6.69. The van der Waals surface area contributed by atoms with Crippen molar-refractivity contribution in [1.29, 1.82) is 0 Å². The molecule has 0 saturated heterocycles. The Kier molecular flexibility index (Phi) is 12.8. The molecule has 0 bridgehead atoms. The lowest BCUT2D eigenvalue weighted by Crippen LogP contribution is -2.43. The molecule has 1 aromatic rings. The van der Waals surface area contributed by atoms with Crippen LogP contribution in [0.3, 0.4) is 0 Å². The maximum atomic E-state index is 12.7. The molecule has 11 heteroatoms. The van der Waals surface area contributed by atoms with Crippen molar-refractivity contribution in [2.75, 3.05) is 13.2 Å². The summed E-state index contributed by atoms with van der Waals surface area (Å²) < 4.78 is 26.8. The van der Waals surface area contributed by atoms with Crippen LogP contribution in [-0.4, -0.2) is 54.7 Å². The number of hydrogen-bond donors (Lipinski definition) is 2. The number of carboxylic acid groups (broad SMARTS) is 1. The molecule has 238 valence electrons. The molecule has 1 aromatic carbocycles. The van der Waals surface area contributed by atoms with E-state index in [4.69, 9.17) is 29.4 Å². The van der Waals surface area contributed by atoms with E-state index in [1.807, 2.05) is 48.5 Å². The molecule has 0 heterocycles. The predicted octanol–water partition coefficient (Wildman–Crippen LogP) is 6.31. The molecule has 0 aliphatic heterocycles. The van der Waals surface area contributed by atoms with E-state index in [0.29, 0.717) is 12.0 Å². The lowest BCUT2D eigenvalue weighted by atomic mass is 9.79. The Balaban J connectivity index is 3.48. The van der Waals surface area contributed by atoms with Gasteiger partial charge in [0.15, 0.2) is 11.5 Å². The second-order valence-electron chi connectivity index (χ2n) is 13.7. The number of aliphatic carboxylic acids is 1. The van der Waals surface area contributed by atoms with Crippen molar-refractivity contribution < 1.29 is 48.0 Å². The lowest BCUT2D eigenvalue weighted by Gasteiger charge is -2.33. The van der Waals surface area contributed by atoms with Gasteiger partial charge >= 0.3 is 24.2 Å². The molecule has 4 atom stereocenters. The Labute approximate surface area is 249 Å². The van der Waals surface area contributed by atoms with E-state index in [1.165, 1.54) is 18.2 Å². The van der Waals surface area contributed by atoms with E-state index < -0.39 is 53.6 Å². The number of benzene rings is 1. The van der Waals surface area contributed by atoms with Crippen LogP contribution in [0, 0.1) is 22.2 Å². The van der Waals surface area contributed by atoms with Crippen molar-refractivity contribution in [2.45, 2.75) is 101 Å². The van der Waals surface area contributed by atoms with Crippen molar-refractivity contribution >= 4 is 24.2 Å². The van der Waals surface area contributed by atoms with Gasteiger partial charge in [0, 0.05) is 11.8 Å². The summed E-state index contributed by atoms with van der Waals surface area (Å²) in [6.45, 7) is 20.2. The zero-order valence-corrected chi connectivity index (χ0v) is 26.9. The first kappa shape index (κ1) is 36.7. The van der Waals surface area contributed by atoms with Crippen molar-refractivity contribution in [1.82, 2.24) is 0 Å². The average Bonchev–Trinajstić information content (AvgIpc) is 2.86. The van der Waals surface area contributed by atoms with Gasteiger partial charge in [0.05, 0.1) is 18.6 Å². The molecular formula is C31H49NO10. The monoisotopic (exact) mass is 595 g/mol. The fourth-order valence-corrected chi connectivity index (χ4v) is 3.55. The first-order valence-electron chi connectivity index (χ1n) is 14.1. The Bertz CT molecular complexity index is 1100. The van der Waals surface area contributed by atoms with Gasteiger partial charge in [0.2, 0.25) is 0 Å². The van der Waals surface area contributed by atoms with Crippen molar-refractivity contribution in [2.24, 2.45) is 27.9 Å². The van der Waals surface area contributed by atoms with Gasteiger partial charge in [-0.3, -0.25) is 9.59 Å². The Morgan fingerprint density at radius 3 is 1.74 bits per heavy atom. The van der Waals surface area contributed by atoms with E-state index in [0.717, 1.165) is 0 Å². The van der Waals surface area contributed by atoms with Gasteiger partial charge in [0.25, 0.3) is 0 Å². The lowest BCUT2D eigenvalue weighted by molar-refractivity contribution is -0.162. The number of carboxylic acids is 1. The highest BCUT2D eigenvalue weighted by molar-refractivity contribution is 5.76. The largest absolute Gasteiger partial charge is 0.513 e. The van der Waals surface area contributed by atoms with Crippen LogP contribution in [0.2, 0.25) is 0 Å². The van der Waals surface area contributed by atoms with Gasteiger partial charge in [0.1, 0.15) is 12.1 Å². The molecule has 0 aliphatic carbocycles. The summed E-state index contributed by atoms with van der Waals surface area (Å²) in [5.74, 6) is -3.54. The summed E-state index contributed by atoms with van der Waals surface area (Å²) in [5.41, 5.74) is 5.11. The highest BCUT2D eigenvalue weighted by Crippen LogP contribution is 2.38. The SMILES string of the molecule is CCC(C)(C)C(=O)OC(C)C(C)C(c1ccc(OC(=O)OCC(C)(C)C)c(OC(=O)OCC(C)(C)C)c1)[C@H](N)C(=O)O. The Morgan fingerprint density at radius 1 is 0.833 bits per heavy atom. The number of hydrogen-bond acceptors (Lipinski definition) is 10. The van der Waals surface area contributed by atoms with E-state index >= 15 is 0 Å². The summed E-state index contributed by atoms with van der Waals surface area (Å²) in [7, 11) is 0. The summed E-state index contributed by atoms with van der Waals surface area (Å²) >= 11 is 0. The molecule has 3 unspecified atom stereocenters. The number of ether oxygens (including phenoxy) is 5. The third-order valence-corrected chi connectivity index (χ3v) is 6.69. The average molecular weight is 596 g/mol. The maximum Gasteiger partial charge on any atom is 0.513 e. The minimum atomic E-state index is -1.41. The van der Waals surface area contributed by atoms with Crippen LogP contribution in [0.1, 0.15) is 94.1 Å². The molecule has 3 N–H and O–H groups in total. The third kappa shape index (κ3) is 11.9. The van der Waals surface area contributed by atoms with Gasteiger partial charge in [-0.2, -0.15) is 0 Å². The van der Waals surface area contributed by atoms with Crippen LogP contribution in [0.15, 0.2) is 18.2 Å². The van der Waals surface area contributed by atoms with Crippen LogP contribution in [0.4, 0.5) is 9.59 Å². The van der Waals surface area contributed by atoms with Crippen molar-refractivity contribution in [3.05, 3.63) is 23.8 Å². The van der Waals surface area contributed by atoms with Gasteiger partial charge in [-0.05, 0) is 55.7 Å². The number of carbonyl (C=O) groups is 4. The van der Waals surface area contributed by atoms with Crippen molar-refractivity contribution in [3.8, 4) is 11.5 Å². The van der Waals surface area contributed by atoms with Gasteiger partial charge in [-0.15, -0.1) is 0 Å². The Hall–Kier alpha value is -3.34. The maximum absolute atomic E-state index is 12.7. The number of rotatable bonds is 12. The zero-order chi connectivity index (χ0) is 32.6. The molecule has 0 radical (unpaired) electrons. The standard InChI is InChI=1S/C31H49NO10/c1-12-31(10,11)26(35)40-19(3)18(2)23(24(32)25(33)34)20-13-14-21(41-27(36)38-16-29(4,5)6)22(15-20)42-28(37)39-17-30(7,8)9/h13-15,18-19,23-24H,12,16-17,32H2,1-11H3,(H,33,34)/t18?,19?,23?,24-/m0/s1. The van der Waals surface area contributed by atoms with Gasteiger partial charge in [-0.1, -0.05) is 61.5 Å². The van der Waals surface area contributed by atoms with E-state index in [1.54, 1.807) is 27.7 Å². The fraction of sp³-hybridized carbons (Fsp3) is 0.677. The molecule has 0 aromatic heterocycles. The minimum absolute atomic E-state index is 0.0515. The summed E-state index contributed by atoms with van der Waals surface area (Å²) in [5, 5.41) is 9.83. The second kappa shape index (κ2) is 14.7. The second-order valence-corrected chi connectivity index (χ2v) is 13.7. The molecular weight excluding hydrogens is 546 g/mol. The Morgan fingerprint density at radius 2 is 1.31 bits per heavy atom. The van der Waals surface area contributed by atoms with E-state index in [9.17, 15) is 24.3 Å². The predicted molar refractivity (Wildman–Crippen MR) is 156 cm³/mol. The molecule has 0 fully saturated rings. The van der Waals surface area contributed by atoms with E-state index in [-0.39, 0.29) is 35.5 Å². The molecule has 1 rings (SSSR count). The fourth-order valence-electron chi connectivity index (χ4n) is 3.55. The van der Waals surface area contributed by atoms with Crippen LogP contribution >= 0.6 is 0 Å². The van der Waals surface area contributed by atoms with Crippen LogP contribution < -0.4 is 15.2 Å². The normalized spacial score (nSPS) is 15.0. The van der Waals surface area contributed by atoms with Crippen LogP contribution in [-0.2, 0) is 23.8 Å². The molecule has 0 spiro atoms.